The van der Waals surface area contributed by atoms with Crippen LogP contribution in [-0.2, 0) is 9.53 Å². The summed E-state index contributed by atoms with van der Waals surface area (Å²) in [4.78, 5) is 15.0. The molecule has 2 rings (SSSR count). The number of rotatable bonds is 9. The number of nitrogens with zero attached hydrogens (tertiary/aromatic N) is 1. The highest BCUT2D eigenvalue weighted by Gasteiger charge is 2.52. The number of hydrogen-bond acceptors (Lipinski definition) is 4. The lowest BCUT2D eigenvalue weighted by molar-refractivity contribution is -0.153. The van der Waals surface area contributed by atoms with Crippen molar-refractivity contribution in [2.45, 2.75) is 58.0 Å². The molecule has 0 aliphatic heterocycles. The van der Waals surface area contributed by atoms with E-state index in [2.05, 4.69) is 24.1 Å². The molecule has 0 aromatic rings. The molecule has 2 aliphatic carbocycles. The fraction of sp³-hybridized carbons (Fsp3) is 0.938. The molecule has 0 aromatic heterocycles. The second-order valence-electron chi connectivity index (χ2n) is 6.68. The molecule has 1 unspecified atom stereocenters. The predicted octanol–water partition coefficient (Wildman–Crippen LogP) is 2.04. The van der Waals surface area contributed by atoms with Crippen molar-refractivity contribution in [3.63, 3.8) is 0 Å². The fourth-order valence-corrected chi connectivity index (χ4v) is 2.99. The van der Waals surface area contributed by atoms with Gasteiger partial charge in [0, 0.05) is 19.1 Å². The standard InChI is InChI=1S/C16H30N2O2/c1-5-20-15(19)16(17-4,14-8-9-14)11-18(12(2)3)10-13-6-7-13/h12-14,17H,5-11H2,1-4H3. The van der Waals surface area contributed by atoms with Crippen LogP contribution >= 0.6 is 0 Å². The van der Waals surface area contributed by atoms with Gasteiger partial charge in [0.15, 0.2) is 0 Å². The number of hydrogen-bond donors (Lipinski definition) is 1. The molecular weight excluding hydrogens is 252 g/mol. The molecule has 0 bridgehead atoms. The first kappa shape index (κ1) is 15.8. The van der Waals surface area contributed by atoms with E-state index in [-0.39, 0.29) is 5.97 Å². The summed E-state index contributed by atoms with van der Waals surface area (Å²) in [6.07, 6.45) is 4.96. The molecule has 20 heavy (non-hydrogen) atoms. The van der Waals surface area contributed by atoms with Gasteiger partial charge in [-0.3, -0.25) is 4.90 Å². The Morgan fingerprint density at radius 1 is 1.35 bits per heavy atom. The van der Waals surface area contributed by atoms with E-state index in [0.717, 1.165) is 31.8 Å². The lowest BCUT2D eigenvalue weighted by Gasteiger charge is -2.38. The maximum absolute atomic E-state index is 12.5. The van der Waals surface area contributed by atoms with E-state index < -0.39 is 5.54 Å². The van der Waals surface area contributed by atoms with Gasteiger partial charge in [0.1, 0.15) is 5.54 Å². The molecule has 4 nitrogen and oxygen atoms in total. The molecule has 2 saturated carbocycles. The van der Waals surface area contributed by atoms with Crippen molar-refractivity contribution in [3.8, 4) is 0 Å². The van der Waals surface area contributed by atoms with Crippen LogP contribution in [0.1, 0.15) is 46.5 Å². The third-order valence-corrected chi connectivity index (χ3v) is 4.73. The van der Waals surface area contributed by atoms with Crippen LogP contribution in [0.5, 0.6) is 0 Å². The molecule has 2 fully saturated rings. The molecule has 116 valence electrons. The molecule has 0 radical (unpaired) electrons. The van der Waals surface area contributed by atoms with Crippen molar-refractivity contribution in [2.75, 3.05) is 26.7 Å². The van der Waals surface area contributed by atoms with E-state index >= 15 is 0 Å². The van der Waals surface area contributed by atoms with Gasteiger partial charge in [0.25, 0.3) is 0 Å². The van der Waals surface area contributed by atoms with E-state index in [1.165, 1.54) is 12.8 Å². The first-order valence-corrected chi connectivity index (χ1v) is 8.13. The number of nitrogens with one attached hydrogen (secondary N) is 1. The Morgan fingerprint density at radius 2 is 2.00 bits per heavy atom. The molecule has 0 spiro atoms. The Morgan fingerprint density at radius 3 is 2.40 bits per heavy atom. The third-order valence-electron chi connectivity index (χ3n) is 4.73. The molecule has 1 atom stereocenters. The summed E-state index contributed by atoms with van der Waals surface area (Å²) in [5, 5.41) is 3.32. The SMILES string of the molecule is CCOC(=O)C(CN(CC1CC1)C(C)C)(NC)C1CC1. The Bertz CT molecular complexity index is 337. The molecule has 4 heteroatoms. The molecule has 0 aromatic carbocycles. The second kappa shape index (κ2) is 6.44. The predicted molar refractivity (Wildman–Crippen MR) is 80.6 cm³/mol. The summed E-state index contributed by atoms with van der Waals surface area (Å²) in [7, 11) is 1.91. The minimum Gasteiger partial charge on any atom is -0.465 e. The zero-order chi connectivity index (χ0) is 14.8. The molecule has 0 saturated heterocycles. The molecule has 0 heterocycles. The number of likely N-dealkylation sites (N-methyl/N-ethyl adjacent to an activating group) is 1. The van der Waals surface area contributed by atoms with Gasteiger partial charge in [0.2, 0.25) is 0 Å². The number of carbonyl (C=O) groups excluding carboxylic acids is 1. The number of ether oxygens (including phenoxy) is 1. The van der Waals surface area contributed by atoms with E-state index in [9.17, 15) is 4.79 Å². The van der Waals surface area contributed by atoms with Gasteiger partial charge in [0.05, 0.1) is 6.61 Å². The van der Waals surface area contributed by atoms with Crippen molar-refractivity contribution >= 4 is 5.97 Å². The fourth-order valence-electron chi connectivity index (χ4n) is 2.99. The van der Waals surface area contributed by atoms with Crippen LogP contribution in [0.25, 0.3) is 0 Å². The van der Waals surface area contributed by atoms with E-state index in [4.69, 9.17) is 4.74 Å². The topological polar surface area (TPSA) is 41.6 Å². The minimum atomic E-state index is -0.505. The maximum atomic E-state index is 12.5. The van der Waals surface area contributed by atoms with Gasteiger partial charge >= 0.3 is 5.97 Å². The largest absolute Gasteiger partial charge is 0.465 e. The highest BCUT2D eigenvalue weighted by molar-refractivity contribution is 5.82. The van der Waals surface area contributed by atoms with E-state index in [1.54, 1.807) is 0 Å². The minimum absolute atomic E-state index is 0.0635. The second-order valence-corrected chi connectivity index (χ2v) is 6.68. The molecule has 2 aliphatic rings. The Balaban J connectivity index is 2.09. The molecule has 1 N–H and O–H groups in total. The lowest BCUT2D eigenvalue weighted by atomic mass is 9.91. The maximum Gasteiger partial charge on any atom is 0.327 e. The summed E-state index contributed by atoms with van der Waals surface area (Å²) < 4.78 is 5.37. The third kappa shape index (κ3) is 3.53. The smallest absolute Gasteiger partial charge is 0.327 e. The first-order chi connectivity index (χ1) is 9.53. The lowest BCUT2D eigenvalue weighted by Crippen LogP contribution is -2.61. The highest BCUT2D eigenvalue weighted by atomic mass is 16.5. The zero-order valence-corrected chi connectivity index (χ0v) is 13.4. The van der Waals surface area contributed by atoms with Crippen LogP contribution in [0.4, 0.5) is 0 Å². The highest BCUT2D eigenvalue weighted by Crippen LogP contribution is 2.41. The van der Waals surface area contributed by atoms with Crippen LogP contribution in [0.15, 0.2) is 0 Å². The van der Waals surface area contributed by atoms with E-state index in [1.807, 2.05) is 14.0 Å². The number of esters is 1. The number of carbonyl (C=O) groups is 1. The van der Waals surface area contributed by atoms with Gasteiger partial charge in [-0.05, 0) is 65.3 Å². The average molecular weight is 282 g/mol. The summed E-state index contributed by atoms with van der Waals surface area (Å²) in [5.41, 5.74) is -0.505. The van der Waals surface area contributed by atoms with Gasteiger partial charge < -0.3 is 10.1 Å². The summed E-state index contributed by atoms with van der Waals surface area (Å²) in [5.74, 6) is 1.21. The zero-order valence-electron chi connectivity index (χ0n) is 13.4. The first-order valence-electron chi connectivity index (χ1n) is 8.13. The molecule has 0 amide bonds. The van der Waals surface area contributed by atoms with Crippen LogP contribution in [-0.4, -0.2) is 49.2 Å². The summed E-state index contributed by atoms with van der Waals surface area (Å²) in [6, 6.07) is 0.469. The van der Waals surface area contributed by atoms with Crippen molar-refractivity contribution < 1.29 is 9.53 Å². The van der Waals surface area contributed by atoms with E-state index in [0.29, 0.717) is 18.6 Å². The van der Waals surface area contributed by atoms with Crippen LogP contribution in [0, 0.1) is 11.8 Å². The monoisotopic (exact) mass is 282 g/mol. The van der Waals surface area contributed by atoms with Crippen LogP contribution in [0.2, 0.25) is 0 Å². The Kier molecular flexibility index (Phi) is 5.08. The summed E-state index contributed by atoms with van der Waals surface area (Å²) in [6.45, 7) is 8.69. The normalized spacial score (nSPS) is 22.1. The van der Waals surface area contributed by atoms with Gasteiger partial charge in [-0.15, -0.1) is 0 Å². The van der Waals surface area contributed by atoms with Gasteiger partial charge in [-0.25, -0.2) is 4.79 Å². The van der Waals surface area contributed by atoms with Crippen LogP contribution in [0.3, 0.4) is 0 Å². The molecular formula is C16H30N2O2. The average Bonchev–Trinajstić information content (AvgIpc) is 3.27. The van der Waals surface area contributed by atoms with Crippen molar-refractivity contribution in [1.29, 1.82) is 0 Å². The quantitative estimate of drug-likeness (QED) is 0.657. The van der Waals surface area contributed by atoms with Gasteiger partial charge in [-0.2, -0.15) is 0 Å². The van der Waals surface area contributed by atoms with Crippen molar-refractivity contribution in [1.82, 2.24) is 10.2 Å². The Labute approximate surface area is 123 Å². The van der Waals surface area contributed by atoms with Crippen LogP contribution < -0.4 is 5.32 Å². The van der Waals surface area contributed by atoms with Crippen molar-refractivity contribution in [3.05, 3.63) is 0 Å². The summed E-state index contributed by atoms with van der Waals surface area (Å²) >= 11 is 0. The van der Waals surface area contributed by atoms with Gasteiger partial charge in [-0.1, -0.05) is 0 Å². The van der Waals surface area contributed by atoms with Crippen molar-refractivity contribution in [2.24, 2.45) is 11.8 Å². The Hall–Kier alpha value is -0.610.